The molecule has 1 aromatic carbocycles. The molecule has 0 radical (unpaired) electrons. The van der Waals surface area contributed by atoms with Crippen LogP contribution in [0.15, 0.2) is 27.6 Å². The number of sulfonamides is 1. The molecule has 2 aromatic rings. The van der Waals surface area contributed by atoms with Gasteiger partial charge in [-0.1, -0.05) is 28.4 Å². The van der Waals surface area contributed by atoms with Crippen molar-refractivity contribution < 1.29 is 12.9 Å². The zero-order chi connectivity index (χ0) is 14.2. The summed E-state index contributed by atoms with van der Waals surface area (Å²) in [6.45, 7) is 3.08. The molecule has 0 saturated carbocycles. The summed E-state index contributed by atoms with van der Waals surface area (Å²) in [7, 11) is -3.79. The van der Waals surface area contributed by atoms with Crippen molar-refractivity contribution in [2.24, 2.45) is 0 Å². The molecule has 0 fully saturated rings. The Morgan fingerprint density at radius 1 is 1.16 bits per heavy atom. The molecule has 19 heavy (non-hydrogen) atoms. The molecule has 1 aromatic heterocycles. The average molecular weight is 321 g/mol. The van der Waals surface area contributed by atoms with Crippen molar-refractivity contribution in [3.8, 4) is 0 Å². The maximum atomic E-state index is 12.2. The van der Waals surface area contributed by atoms with Gasteiger partial charge in [-0.3, -0.25) is 4.72 Å². The summed E-state index contributed by atoms with van der Waals surface area (Å²) in [6.07, 6.45) is 0. The van der Waals surface area contributed by atoms with Crippen LogP contribution in [0.1, 0.15) is 11.5 Å². The van der Waals surface area contributed by atoms with Crippen molar-refractivity contribution in [1.82, 2.24) is 5.16 Å². The van der Waals surface area contributed by atoms with Crippen LogP contribution in [0.4, 0.5) is 5.69 Å². The van der Waals surface area contributed by atoms with E-state index in [1.54, 1.807) is 6.92 Å². The Hall–Kier alpha value is -1.24. The Labute approximate surface area is 120 Å². The second kappa shape index (κ2) is 5.03. The summed E-state index contributed by atoms with van der Waals surface area (Å²) in [6, 6.07) is 4.43. The number of benzene rings is 1. The Morgan fingerprint density at radius 3 is 2.21 bits per heavy atom. The summed E-state index contributed by atoms with van der Waals surface area (Å²) >= 11 is 11.6. The molecule has 0 aliphatic rings. The van der Waals surface area contributed by atoms with Crippen molar-refractivity contribution in [3.63, 3.8) is 0 Å². The fourth-order valence-corrected chi connectivity index (χ4v) is 3.58. The predicted octanol–water partition coefficient (Wildman–Crippen LogP) is 3.40. The second-order valence-electron chi connectivity index (χ2n) is 3.92. The predicted molar refractivity (Wildman–Crippen MR) is 73.2 cm³/mol. The molecule has 0 aliphatic heterocycles. The van der Waals surface area contributed by atoms with Crippen molar-refractivity contribution in [2.75, 3.05) is 4.72 Å². The SMILES string of the molecule is Cc1noc(C)c1S(=O)(=O)Nc1cc(Cl)cc(Cl)c1. The molecule has 5 nitrogen and oxygen atoms in total. The number of aromatic nitrogens is 1. The van der Waals surface area contributed by atoms with Gasteiger partial charge in [0.2, 0.25) is 0 Å². The molecule has 1 heterocycles. The van der Waals surface area contributed by atoms with Crippen molar-refractivity contribution >= 4 is 38.9 Å². The van der Waals surface area contributed by atoms with Crippen molar-refractivity contribution in [2.45, 2.75) is 18.7 Å². The summed E-state index contributed by atoms with van der Waals surface area (Å²) in [4.78, 5) is 0.0172. The van der Waals surface area contributed by atoms with Crippen LogP contribution in [-0.2, 0) is 10.0 Å². The molecule has 0 amide bonds. The molecule has 8 heteroatoms. The maximum Gasteiger partial charge on any atom is 0.267 e. The molecule has 0 spiro atoms. The van der Waals surface area contributed by atoms with Crippen LogP contribution < -0.4 is 4.72 Å². The molecule has 2 rings (SSSR count). The summed E-state index contributed by atoms with van der Waals surface area (Å²) in [5.41, 5.74) is 0.565. The maximum absolute atomic E-state index is 12.2. The minimum absolute atomic E-state index is 0.0172. The normalized spacial score (nSPS) is 11.6. The molecule has 0 atom stereocenters. The van der Waals surface area contributed by atoms with Gasteiger partial charge in [-0.05, 0) is 32.0 Å². The van der Waals surface area contributed by atoms with Gasteiger partial charge < -0.3 is 4.52 Å². The molecule has 0 saturated heterocycles. The second-order valence-corrected chi connectivity index (χ2v) is 6.41. The lowest BCUT2D eigenvalue weighted by Crippen LogP contribution is -2.14. The van der Waals surface area contributed by atoms with E-state index in [9.17, 15) is 8.42 Å². The van der Waals surface area contributed by atoms with Crippen LogP contribution >= 0.6 is 23.2 Å². The van der Waals surface area contributed by atoms with Gasteiger partial charge in [0, 0.05) is 10.0 Å². The first-order valence-corrected chi connectivity index (χ1v) is 7.45. The van der Waals surface area contributed by atoms with E-state index < -0.39 is 10.0 Å². The van der Waals surface area contributed by atoms with Crippen LogP contribution in [-0.4, -0.2) is 13.6 Å². The van der Waals surface area contributed by atoms with Gasteiger partial charge in [0.1, 0.15) is 5.69 Å². The van der Waals surface area contributed by atoms with Crippen LogP contribution in [0.25, 0.3) is 0 Å². The van der Waals surface area contributed by atoms with Gasteiger partial charge in [-0.15, -0.1) is 0 Å². The van der Waals surface area contributed by atoms with Gasteiger partial charge >= 0.3 is 0 Å². The van der Waals surface area contributed by atoms with Crippen LogP contribution in [0.2, 0.25) is 10.0 Å². The fourth-order valence-electron chi connectivity index (χ4n) is 1.68. The number of hydrogen-bond donors (Lipinski definition) is 1. The van der Waals surface area contributed by atoms with Gasteiger partial charge in [0.15, 0.2) is 10.7 Å². The highest BCUT2D eigenvalue weighted by Crippen LogP contribution is 2.26. The Morgan fingerprint density at radius 2 is 1.74 bits per heavy atom. The third kappa shape index (κ3) is 3.02. The van der Waals surface area contributed by atoms with Crippen molar-refractivity contribution in [1.29, 1.82) is 0 Å². The fraction of sp³-hybridized carbons (Fsp3) is 0.182. The average Bonchev–Trinajstić information content (AvgIpc) is 2.56. The first-order chi connectivity index (χ1) is 8.79. The van der Waals surface area contributed by atoms with Crippen LogP contribution in [0.5, 0.6) is 0 Å². The van der Waals surface area contributed by atoms with E-state index in [0.29, 0.717) is 10.0 Å². The minimum Gasteiger partial charge on any atom is -0.360 e. The van der Waals surface area contributed by atoms with E-state index in [4.69, 9.17) is 27.7 Å². The molecular formula is C11H10Cl2N2O3S. The third-order valence-corrected chi connectivity index (χ3v) is 4.41. The number of nitrogens with one attached hydrogen (secondary N) is 1. The summed E-state index contributed by atoms with van der Waals surface area (Å²) < 4.78 is 31.7. The molecule has 102 valence electrons. The quantitative estimate of drug-likeness (QED) is 0.940. The first kappa shape index (κ1) is 14.2. The van der Waals surface area contributed by atoms with Gasteiger partial charge in [0.05, 0.1) is 5.69 Å². The standard InChI is InChI=1S/C11H10Cl2N2O3S/c1-6-11(7(2)18-14-6)19(16,17)15-10-4-8(12)3-9(13)5-10/h3-5,15H,1-2H3. The Bertz CT molecular complexity index is 686. The number of hydrogen-bond acceptors (Lipinski definition) is 4. The monoisotopic (exact) mass is 320 g/mol. The zero-order valence-electron chi connectivity index (χ0n) is 10.1. The van der Waals surface area contributed by atoms with Gasteiger partial charge in [-0.2, -0.15) is 0 Å². The lowest BCUT2D eigenvalue weighted by molar-refractivity contribution is 0.390. The molecular weight excluding hydrogens is 311 g/mol. The molecule has 1 N–H and O–H groups in total. The number of halogens is 2. The summed E-state index contributed by atoms with van der Waals surface area (Å²) in [5.74, 6) is 0.220. The lowest BCUT2D eigenvalue weighted by atomic mass is 10.3. The minimum atomic E-state index is -3.79. The highest BCUT2D eigenvalue weighted by atomic mass is 35.5. The summed E-state index contributed by atoms with van der Waals surface area (Å²) in [5, 5.41) is 4.29. The third-order valence-electron chi connectivity index (χ3n) is 2.35. The number of nitrogens with zero attached hydrogens (tertiary/aromatic N) is 1. The molecule has 0 aliphatic carbocycles. The highest BCUT2D eigenvalue weighted by molar-refractivity contribution is 7.92. The van der Waals surface area contributed by atoms with Gasteiger partial charge in [-0.25, -0.2) is 8.42 Å². The molecule has 0 unspecified atom stereocenters. The van der Waals surface area contributed by atoms with E-state index in [1.807, 2.05) is 0 Å². The first-order valence-electron chi connectivity index (χ1n) is 5.21. The largest absolute Gasteiger partial charge is 0.360 e. The van der Waals surface area contributed by atoms with Gasteiger partial charge in [0.25, 0.3) is 10.0 Å². The smallest absolute Gasteiger partial charge is 0.267 e. The van der Waals surface area contributed by atoms with E-state index in [2.05, 4.69) is 9.88 Å². The molecule has 0 bridgehead atoms. The van der Waals surface area contributed by atoms with E-state index in [1.165, 1.54) is 25.1 Å². The lowest BCUT2D eigenvalue weighted by Gasteiger charge is -2.08. The van der Waals surface area contributed by atoms with E-state index in [0.717, 1.165) is 0 Å². The number of aryl methyl sites for hydroxylation is 2. The van der Waals surface area contributed by atoms with E-state index in [-0.39, 0.29) is 22.0 Å². The van der Waals surface area contributed by atoms with Crippen molar-refractivity contribution in [3.05, 3.63) is 39.7 Å². The highest BCUT2D eigenvalue weighted by Gasteiger charge is 2.24. The van der Waals surface area contributed by atoms with Crippen LogP contribution in [0.3, 0.4) is 0 Å². The zero-order valence-corrected chi connectivity index (χ0v) is 12.4. The number of rotatable bonds is 3. The number of anilines is 1. The van der Waals surface area contributed by atoms with E-state index >= 15 is 0 Å². The Kier molecular flexibility index (Phi) is 3.75. The van der Waals surface area contributed by atoms with Crippen LogP contribution in [0, 0.1) is 13.8 Å². The topological polar surface area (TPSA) is 72.2 Å². The Balaban J connectivity index is 2.42.